The fourth-order valence-electron chi connectivity index (χ4n) is 3.57. The van der Waals surface area contributed by atoms with Gasteiger partial charge in [-0.3, -0.25) is 19.3 Å². The van der Waals surface area contributed by atoms with Gasteiger partial charge in [0.1, 0.15) is 6.04 Å². The highest BCUT2D eigenvalue weighted by atomic mass is 35.5. The molecule has 30 heavy (non-hydrogen) atoms. The van der Waals surface area contributed by atoms with Gasteiger partial charge in [0, 0.05) is 17.1 Å². The summed E-state index contributed by atoms with van der Waals surface area (Å²) in [5.74, 6) is -1.37. The number of carbonyl (C=O) groups is 3. The molecule has 6 heteroatoms. The van der Waals surface area contributed by atoms with Crippen LogP contribution in [0.3, 0.4) is 0 Å². The van der Waals surface area contributed by atoms with Crippen LogP contribution in [0.5, 0.6) is 0 Å². The first kappa shape index (κ1) is 19.9. The minimum atomic E-state index is -1.00. The van der Waals surface area contributed by atoms with E-state index in [1.807, 2.05) is 37.3 Å². The molecule has 0 saturated heterocycles. The van der Waals surface area contributed by atoms with Crippen molar-refractivity contribution in [1.82, 2.24) is 4.90 Å². The maximum Gasteiger partial charge on any atom is 0.262 e. The Morgan fingerprint density at radius 1 is 0.933 bits per heavy atom. The molecule has 0 spiro atoms. The largest absolute Gasteiger partial charge is 0.324 e. The van der Waals surface area contributed by atoms with Gasteiger partial charge in [0.25, 0.3) is 11.8 Å². The molecule has 0 radical (unpaired) electrons. The number of amides is 3. The molecular weight excluding hydrogens is 400 g/mol. The maximum absolute atomic E-state index is 13.3. The number of fused-ring (bicyclic) bond motifs is 1. The number of aryl methyl sites for hydroxylation is 1. The van der Waals surface area contributed by atoms with E-state index in [9.17, 15) is 14.4 Å². The molecule has 0 saturated carbocycles. The first-order valence-electron chi connectivity index (χ1n) is 9.53. The molecule has 0 aliphatic carbocycles. The van der Waals surface area contributed by atoms with E-state index in [2.05, 4.69) is 5.32 Å². The Bertz CT molecular complexity index is 1110. The van der Waals surface area contributed by atoms with Gasteiger partial charge < -0.3 is 5.32 Å². The molecular formula is C24H19ClN2O3. The predicted octanol–water partition coefficient (Wildman–Crippen LogP) is 4.49. The Balaban J connectivity index is 1.70. The van der Waals surface area contributed by atoms with Gasteiger partial charge in [-0.15, -0.1) is 0 Å². The summed E-state index contributed by atoms with van der Waals surface area (Å²) < 4.78 is 0. The molecule has 1 heterocycles. The van der Waals surface area contributed by atoms with E-state index >= 15 is 0 Å². The smallest absolute Gasteiger partial charge is 0.262 e. The van der Waals surface area contributed by atoms with Crippen molar-refractivity contribution < 1.29 is 14.4 Å². The molecule has 3 aromatic rings. The Kier molecular flexibility index (Phi) is 5.38. The molecule has 3 aromatic carbocycles. The first-order valence-corrected chi connectivity index (χ1v) is 9.91. The van der Waals surface area contributed by atoms with Crippen LogP contribution in [0.15, 0.2) is 72.8 Å². The summed E-state index contributed by atoms with van der Waals surface area (Å²) in [6.45, 7) is 1.85. The lowest BCUT2D eigenvalue weighted by molar-refractivity contribution is -0.119. The topological polar surface area (TPSA) is 66.5 Å². The molecule has 0 fully saturated rings. The van der Waals surface area contributed by atoms with Crippen LogP contribution < -0.4 is 5.32 Å². The second-order valence-corrected chi connectivity index (χ2v) is 7.62. The number of hydrogen-bond donors (Lipinski definition) is 1. The highest BCUT2D eigenvalue weighted by Crippen LogP contribution is 2.27. The highest BCUT2D eigenvalue weighted by molar-refractivity contribution is 6.31. The number of hydrogen-bond acceptors (Lipinski definition) is 3. The first-order chi connectivity index (χ1) is 14.5. The third kappa shape index (κ3) is 3.72. The van der Waals surface area contributed by atoms with Crippen molar-refractivity contribution in [2.24, 2.45) is 0 Å². The van der Waals surface area contributed by atoms with E-state index in [0.29, 0.717) is 21.8 Å². The maximum atomic E-state index is 13.3. The molecule has 0 aromatic heterocycles. The molecule has 1 atom stereocenters. The third-order valence-corrected chi connectivity index (χ3v) is 5.40. The molecule has 150 valence electrons. The summed E-state index contributed by atoms with van der Waals surface area (Å²) in [5.41, 5.74) is 2.84. The monoisotopic (exact) mass is 418 g/mol. The van der Waals surface area contributed by atoms with Gasteiger partial charge in [0.05, 0.1) is 11.1 Å². The second-order valence-electron chi connectivity index (χ2n) is 7.18. The predicted molar refractivity (Wildman–Crippen MR) is 116 cm³/mol. The zero-order valence-electron chi connectivity index (χ0n) is 16.3. The minimum Gasteiger partial charge on any atom is -0.324 e. The Labute approximate surface area is 179 Å². The fraction of sp³-hybridized carbons (Fsp3) is 0.125. The van der Waals surface area contributed by atoms with Crippen molar-refractivity contribution >= 4 is 35.0 Å². The molecule has 3 amide bonds. The van der Waals surface area contributed by atoms with Crippen molar-refractivity contribution in [1.29, 1.82) is 0 Å². The number of imide groups is 1. The highest BCUT2D eigenvalue weighted by Gasteiger charge is 2.42. The van der Waals surface area contributed by atoms with Crippen LogP contribution in [-0.4, -0.2) is 28.7 Å². The molecule has 0 unspecified atom stereocenters. The van der Waals surface area contributed by atoms with Gasteiger partial charge in [-0.25, -0.2) is 0 Å². The van der Waals surface area contributed by atoms with Gasteiger partial charge in [0.15, 0.2) is 0 Å². The van der Waals surface area contributed by atoms with E-state index in [1.54, 1.807) is 42.5 Å². The van der Waals surface area contributed by atoms with Gasteiger partial charge in [-0.2, -0.15) is 0 Å². The van der Waals surface area contributed by atoms with Gasteiger partial charge in [0.2, 0.25) is 5.91 Å². The number of anilines is 1. The van der Waals surface area contributed by atoms with Gasteiger partial charge in [-0.1, -0.05) is 60.1 Å². The Morgan fingerprint density at radius 2 is 1.53 bits per heavy atom. The number of halogens is 1. The summed E-state index contributed by atoms with van der Waals surface area (Å²) in [4.78, 5) is 40.4. The number of rotatable bonds is 5. The Morgan fingerprint density at radius 3 is 2.17 bits per heavy atom. The minimum absolute atomic E-state index is 0.206. The molecule has 1 aliphatic rings. The summed E-state index contributed by atoms with van der Waals surface area (Å²) in [6, 6.07) is 20.1. The zero-order chi connectivity index (χ0) is 21.3. The van der Waals surface area contributed by atoms with Crippen LogP contribution in [-0.2, 0) is 11.2 Å². The van der Waals surface area contributed by atoms with Gasteiger partial charge >= 0.3 is 0 Å². The average molecular weight is 419 g/mol. The standard InChI is InChI=1S/C24H19ClN2O3/c1-15-11-12-17(25)14-20(15)26-22(28)21(13-16-7-3-2-4-8-16)27-23(29)18-9-5-6-10-19(18)24(27)30/h2-12,14,21H,13H2,1H3,(H,26,28)/t21-/m0/s1. The van der Waals surface area contributed by atoms with E-state index < -0.39 is 23.8 Å². The van der Waals surface area contributed by atoms with Crippen LogP contribution in [0, 0.1) is 6.92 Å². The van der Waals surface area contributed by atoms with Crippen molar-refractivity contribution in [2.75, 3.05) is 5.32 Å². The van der Waals surface area contributed by atoms with Crippen molar-refractivity contribution in [3.05, 3.63) is 100 Å². The van der Waals surface area contributed by atoms with Crippen molar-refractivity contribution in [2.45, 2.75) is 19.4 Å². The summed E-state index contributed by atoms with van der Waals surface area (Å²) >= 11 is 6.07. The van der Waals surface area contributed by atoms with E-state index in [1.165, 1.54) is 0 Å². The van der Waals surface area contributed by atoms with Gasteiger partial charge in [-0.05, 0) is 42.3 Å². The fourth-order valence-corrected chi connectivity index (χ4v) is 3.75. The van der Waals surface area contributed by atoms with Crippen LogP contribution in [0.1, 0.15) is 31.8 Å². The number of nitrogens with one attached hydrogen (secondary N) is 1. The summed E-state index contributed by atoms with van der Waals surface area (Å²) in [5, 5.41) is 3.33. The van der Waals surface area contributed by atoms with Crippen LogP contribution in [0.4, 0.5) is 5.69 Å². The quantitative estimate of drug-likeness (QED) is 0.620. The van der Waals surface area contributed by atoms with Crippen molar-refractivity contribution in [3.63, 3.8) is 0 Å². The zero-order valence-corrected chi connectivity index (χ0v) is 17.0. The van der Waals surface area contributed by atoms with E-state index in [0.717, 1.165) is 16.0 Å². The number of benzene rings is 3. The second kappa shape index (κ2) is 8.13. The average Bonchev–Trinajstić information content (AvgIpc) is 3.00. The lowest BCUT2D eigenvalue weighted by Crippen LogP contribution is -2.48. The van der Waals surface area contributed by atoms with Crippen LogP contribution >= 0.6 is 11.6 Å². The van der Waals surface area contributed by atoms with Crippen LogP contribution in [0.2, 0.25) is 5.02 Å². The van der Waals surface area contributed by atoms with E-state index in [-0.39, 0.29) is 6.42 Å². The molecule has 5 nitrogen and oxygen atoms in total. The normalized spacial score (nSPS) is 13.9. The number of nitrogens with zero attached hydrogens (tertiary/aromatic N) is 1. The van der Waals surface area contributed by atoms with Crippen molar-refractivity contribution in [3.8, 4) is 0 Å². The summed E-state index contributed by atoms with van der Waals surface area (Å²) in [6.07, 6.45) is 0.206. The molecule has 4 rings (SSSR count). The molecule has 0 bridgehead atoms. The van der Waals surface area contributed by atoms with E-state index in [4.69, 9.17) is 11.6 Å². The number of carbonyl (C=O) groups excluding carboxylic acids is 3. The molecule has 1 aliphatic heterocycles. The lowest BCUT2D eigenvalue weighted by atomic mass is 10.0. The Hall–Kier alpha value is -3.44. The molecule has 1 N–H and O–H groups in total. The van der Waals surface area contributed by atoms with Crippen LogP contribution in [0.25, 0.3) is 0 Å². The SMILES string of the molecule is Cc1ccc(Cl)cc1NC(=O)[C@H](Cc1ccccc1)N1C(=O)c2ccccc2C1=O. The third-order valence-electron chi connectivity index (χ3n) is 5.17. The summed E-state index contributed by atoms with van der Waals surface area (Å²) in [7, 11) is 0. The lowest BCUT2D eigenvalue weighted by Gasteiger charge is -2.26.